The van der Waals surface area contributed by atoms with Gasteiger partial charge in [0, 0.05) is 21.6 Å². The topological polar surface area (TPSA) is 51.8 Å². The molecule has 1 aromatic heterocycles. The van der Waals surface area contributed by atoms with Gasteiger partial charge < -0.3 is 5.73 Å². The molecule has 0 aliphatic rings. The van der Waals surface area contributed by atoms with Crippen molar-refractivity contribution in [3.8, 4) is 11.3 Å². The van der Waals surface area contributed by atoms with Gasteiger partial charge in [-0.25, -0.2) is 9.97 Å². The van der Waals surface area contributed by atoms with E-state index in [0.717, 1.165) is 33.7 Å². The van der Waals surface area contributed by atoms with E-state index >= 15 is 0 Å². The molecular formula is C16H20BrN3. The van der Waals surface area contributed by atoms with E-state index < -0.39 is 0 Å². The van der Waals surface area contributed by atoms with E-state index in [9.17, 15) is 0 Å². The largest absolute Gasteiger partial charge is 0.330 e. The lowest BCUT2D eigenvalue weighted by atomic mass is 10.0. The number of aromatic nitrogens is 2. The van der Waals surface area contributed by atoms with Crippen LogP contribution in [0.15, 0.2) is 28.7 Å². The fourth-order valence-corrected chi connectivity index (χ4v) is 2.56. The minimum absolute atomic E-state index is 0.283. The van der Waals surface area contributed by atoms with Crippen LogP contribution in [-0.4, -0.2) is 16.5 Å². The number of halogens is 1. The first-order valence-corrected chi connectivity index (χ1v) is 7.62. The number of rotatable bonds is 4. The maximum absolute atomic E-state index is 5.64. The van der Waals surface area contributed by atoms with Crippen molar-refractivity contribution in [3.05, 3.63) is 45.8 Å². The Hall–Kier alpha value is -1.26. The average Bonchev–Trinajstić information content (AvgIpc) is 2.41. The summed E-state index contributed by atoms with van der Waals surface area (Å²) in [6, 6.07) is 8.28. The number of nitrogens with two attached hydrogens (primary N) is 1. The van der Waals surface area contributed by atoms with E-state index in [1.807, 2.05) is 19.1 Å². The Balaban J connectivity index is 2.49. The maximum Gasteiger partial charge on any atom is 0.132 e. The second kappa shape index (κ2) is 6.46. The van der Waals surface area contributed by atoms with Crippen molar-refractivity contribution < 1.29 is 0 Å². The summed E-state index contributed by atoms with van der Waals surface area (Å²) in [4.78, 5) is 9.29. The third-order valence-corrected chi connectivity index (χ3v) is 3.88. The molecule has 0 saturated heterocycles. The molecule has 0 radical (unpaired) electrons. The van der Waals surface area contributed by atoms with Crippen LogP contribution in [0.5, 0.6) is 0 Å². The summed E-state index contributed by atoms with van der Waals surface area (Å²) in [5.41, 5.74) is 9.97. The molecule has 3 nitrogen and oxygen atoms in total. The van der Waals surface area contributed by atoms with Gasteiger partial charge in [-0.05, 0) is 50.6 Å². The Morgan fingerprint density at radius 3 is 2.65 bits per heavy atom. The minimum atomic E-state index is 0.283. The van der Waals surface area contributed by atoms with Gasteiger partial charge in [0.05, 0.1) is 5.69 Å². The first kappa shape index (κ1) is 15.1. The predicted octanol–water partition coefficient (Wildman–Crippen LogP) is 3.98. The first-order chi connectivity index (χ1) is 9.51. The molecule has 0 aliphatic carbocycles. The molecule has 0 saturated carbocycles. The van der Waals surface area contributed by atoms with E-state index in [1.165, 1.54) is 5.56 Å². The summed E-state index contributed by atoms with van der Waals surface area (Å²) in [7, 11) is 0. The van der Waals surface area contributed by atoms with Crippen molar-refractivity contribution in [2.45, 2.75) is 33.1 Å². The molecule has 20 heavy (non-hydrogen) atoms. The summed E-state index contributed by atoms with van der Waals surface area (Å²) in [5, 5.41) is 0. The minimum Gasteiger partial charge on any atom is -0.330 e. The Morgan fingerprint density at radius 1 is 1.20 bits per heavy atom. The number of hydrogen-bond donors (Lipinski definition) is 1. The zero-order chi connectivity index (χ0) is 14.7. The molecule has 0 amide bonds. The molecule has 1 aromatic carbocycles. The van der Waals surface area contributed by atoms with Crippen LogP contribution in [-0.2, 0) is 0 Å². The highest BCUT2D eigenvalue weighted by atomic mass is 79.9. The number of hydrogen-bond acceptors (Lipinski definition) is 3. The van der Waals surface area contributed by atoms with Gasteiger partial charge in [-0.1, -0.05) is 28.9 Å². The van der Waals surface area contributed by atoms with Crippen molar-refractivity contribution in [1.29, 1.82) is 0 Å². The smallest absolute Gasteiger partial charge is 0.132 e. The Labute approximate surface area is 128 Å². The van der Waals surface area contributed by atoms with Crippen molar-refractivity contribution in [2.75, 3.05) is 6.54 Å². The molecule has 0 aliphatic heterocycles. The fraction of sp³-hybridized carbons (Fsp3) is 0.375. The van der Waals surface area contributed by atoms with Crippen LogP contribution in [0.4, 0.5) is 0 Å². The van der Waals surface area contributed by atoms with E-state index in [1.54, 1.807) is 0 Å². The van der Waals surface area contributed by atoms with E-state index in [0.29, 0.717) is 6.54 Å². The summed E-state index contributed by atoms with van der Waals surface area (Å²) >= 11 is 3.52. The second-order valence-corrected chi connectivity index (χ2v) is 6.11. The molecule has 0 bridgehead atoms. The third-order valence-electron chi connectivity index (χ3n) is 3.39. The standard InChI is InChI=1S/C16H20BrN3/c1-10-4-5-13(17)9-14(10)15-8-12(3)19-16(20-15)11(2)6-7-18/h4-5,8-9,11H,6-7,18H2,1-3H3. The highest BCUT2D eigenvalue weighted by molar-refractivity contribution is 9.10. The van der Waals surface area contributed by atoms with Gasteiger partial charge in [0.15, 0.2) is 0 Å². The lowest BCUT2D eigenvalue weighted by Crippen LogP contribution is -2.09. The van der Waals surface area contributed by atoms with Gasteiger partial charge in [0.2, 0.25) is 0 Å². The highest BCUT2D eigenvalue weighted by Crippen LogP contribution is 2.27. The van der Waals surface area contributed by atoms with Crippen LogP contribution in [0.3, 0.4) is 0 Å². The molecule has 2 aromatic rings. The molecule has 0 fully saturated rings. The lowest BCUT2D eigenvalue weighted by molar-refractivity contribution is 0.645. The molecule has 1 unspecified atom stereocenters. The number of nitrogens with zero attached hydrogens (tertiary/aromatic N) is 2. The molecule has 4 heteroatoms. The SMILES string of the molecule is Cc1cc(-c2cc(Br)ccc2C)nc(C(C)CCN)n1. The molecule has 106 valence electrons. The van der Waals surface area contributed by atoms with E-state index in [4.69, 9.17) is 10.7 Å². The predicted molar refractivity (Wildman–Crippen MR) is 86.7 cm³/mol. The molecule has 2 N–H and O–H groups in total. The zero-order valence-electron chi connectivity index (χ0n) is 12.2. The molecule has 1 atom stereocenters. The van der Waals surface area contributed by atoms with Crippen LogP contribution in [0.25, 0.3) is 11.3 Å². The Kier molecular flexibility index (Phi) is 4.89. The monoisotopic (exact) mass is 333 g/mol. The van der Waals surface area contributed by atoms with Gasteiger partial charge >= 0.3 is 0 Å². The fourth-order valence-electron chi connectivity index (χ4n) is 2.20. The zero-order valence-corrected chi connectivity index (χ0v) is 13.7. The summed E-state index contributed by atoms with van der Waals surface area (Å²) < 4.78 is 1.06. The number of benzene rings is 1. The van der Waals surface area contributed by atoms with Crippen LogP contribution >= 0.6 is 15.9 Å². The lowest BCUT2D eigenvalue weighted by Gasteiger charge is -2.13. The maximum atomic E-state index is 5.64. The summed E-state index contributed by atoms with van der Waals surface area (Å²) in [6.07, 6.45) is 0.903. The average molecular weight is 334 g/mol. The van der Waals surface area contributed by atoms with Gasteiger partial charge in [0.25, 0.3) is 0 Å². The quantitative estimate of drug-likeness (QED) is 0.920. The molecule has 2 rings (SSSR count). The van der Waals surface area contributed by atoms with Crippen molar-refractivity contribution in [3.63, 3.8) is 0 Å². The van der Waals surface area contributed by atoms with Crippen LogP contribution in [0, 0.1) is 13.8 Å². The van der Waals surface area contributed by atoms with Crippen LogP contribution in [0.1, 0.15) is 36.3 Å². The van der Waals surface area contributed by atoms with E-state index in [2.05, 4.69) is 46.9 Å². The van der Waals surface area contributed by atoms with Gasteiger partial charge in [0.1, 0.15) is 5.82 Å². The van der Waals surface area contributed by atoms with Gasteiger partial charge in [-0.2, -0.15) is 0 Å². The Morgan fingerprint density at radius 2 is 1.95 bits per heavy atom. The van der Waals surface area contributed by atoms with Crippen molar-refractivity contribution in [2.24, 2.45) is 5.73 Å². The van der Waals surface area contributed by atoms with Crippen LogP contribution < -0.4 is 5.73 Å². The Bertz CT molecular complexity index is 611. The van der Waals surface area contributed by atoms with Crippen molar-refractivity contribution in [1.82, 2.24) is 9.97 Å². The van der Waals surface area contributed by atoms with Crippen molar-refractivity contribution >= 4 is 15.9 Å². The number of aryl methyl sites for hydroxylation is 2. The van der Waals surface area contributed by atoms with Gasteiger partial charge in [-0.3, -0.25) is 0 Å². The normalized spacial score (nSPS) is 12.4. The first-order valence-electron chi connectivity index (χ1n) is 6.83. The highest BCUT2D eigenvalue weighted by Gasteiger charge is 2.12. The molecule has 1 heterocycles. The van der Waals surface area contributed by atoms with E-state index in [-0.39, 0.29) is 5.92 Å². The van der Waals surface area contributed by atoms with Crippen LogP contribution in [0.2, 0.25) is 0 Å². The molecular weight excluding hydrogens is 314 g/mol. The summed E-state index contributed by atoms with van der Waals surface area (Å²) in [5.74, 6) is 1.16. The summed E-state index contributed by atoms with van der Waals surface area (Å²) in [6.45, 7) is 6.89. The second-order valence-electron chi connectivity index (χ2n) is 5.19. The van der Waals surface area contributed by atoms with Gasteiger partial charge in [-0.15, -0.1) is 0 Å². The third kappa shape index (κ3) is 3.44. The molecule has 0 spiro atoms.